The lowest BCUT2D eigenvalue weighted by Crippen LogP contribution is -2.44. The van der Waals surface area contributed by atoms with E-state index in [4.69, 9.17) is 20.8 Å². The van der Waals surface area contributed by atoms with E-state index in [1.54, 1.807) is 36.6 Å². The van der Waals surface area contributed by atoms with Gasteiger partial charge in [0, 0.05) is 43.3 Å². The number of ether oxygens (including phenoxy) is 1. The minimum absolute atomic E-state index is 0.224. The highest BCUT2D eigenvalue weighted by molar-refractivity contribution is 7.07. The number of allylic oxidation sites excluding steroid dienone is 1. The number of carbonyl (C=O) groups excluding carboxylic acids is 1. The molecule has 2 aromatic heterocycles. The molecule has 8 nitrogen and oxygen atoms in total. The Balaban J connectivity index is 1.58. The molecule has 1 fully saturated rings. The summed E-state index contributed by atoms with van der Waals surface area (Å²) in [7, 11) is 2.11. The molecule has 188 valence electrons. The second kappa shape index (κ2) is 10.1. The van der Waals surface area contributed by atoms with Crippen molar-refractivity contribution in [2.75, 3.05) is 44.7 Å². The number of fused-ring (bicyclic) bond motifs is 1. The molecule has 0 N–H and O–H groups in total. The molecule has 0 bridgehead atoms. The number of carbonyl (C=O) groups is 1. The SMILES string of the molecule is CCOC(=O)C1=C(C)N=c2sc(=Cc3ccc(N4CCN(C)CC4)o3)c(=O)n2C1c1ccc(Cl)cc1. The predicted molar refractivity (Wildman–Crippen MR) is 140 cm³/mol. The monoisotopic (exact) mass is 526 g/mol. The Labute approximate surface area is 217 Å². The molecule has 0 radical (unpaired) electrons. The van der Waals surface area contributed by atoms with Crippen molar-refractivity contribution in [3.63, 3.8) is 0 Å². The van der Waals surface area contributed by atoms with Crippen LogP contribution in [0.25, 0.3) is 6.08 Å². The fourth-order valence-corrected chi connectivity index (χ4v) is 5.65. The van der Waals surface area contributed by atoms with Crippen LogP contribution in [0.15, 0.2) is 61.9 Å². The van der Waals surface area contributed by atoms with Gasteiger partial charge in [0.2, 0.25) is 0 Å². The largest absolute Gasteiger partial charge is 0.463 e. The standard InChI is InChI=1S/C26H27ClN4O4S/c1-4-34-25(33)22-16(2)28-26-31(23(22)17-5-7-18(27)8-6-17)24(32)20(36-26)15-19-9-10-21(35-19)30-13-11-29(3)12-14-30/h5-10,15,23H,4,11-14H2,1-3H3. The summed E-state index contributed by atoms with van der Waals surface area (Å²) >= 11 is 7.38. The molecule has 1 aromatic carbocycles. The minimum atomic E-state index is -0.669. The highest BCUT2D eigenvalue weighted by Gasteiger charge is 2.33. The predicted octanol–water partition coefficient (Wildman–Crippen LogP) is 2.80. The zero-order valence-electron chi connectivity index (χ0n) is 20.4. The summed E-state index contributed by atoms with van der Waals surface area (Å²) in [6, 6.07) is 10.3. The third-order valence-electron chi connectivity index (χ3n) is 6.40. The van der Waals surface area contributed by atoms with Crippen LogP contribution in [0, 0.1) is 0 Å². The number of piperazine rings is 1. The van der Waals surface area contributed by atoms with Crippen molar-refractivity contribution >= 4 is 40.9 Å². The maximum Gasteiger partial charge on any atom is 0.338 e. The Morgan fingerprint density at radius 3 is 2.61 bits per heavy atom. The van der Waals surface area contributed by atoms with Crippen LogP contribution in [0.2, 0.25) is 5.02 Å². The molecule has 36 heavy (non-hydrogen) atoms. The number of hydrogen-bond donors (Lipinski definition) is 0. The maximum atomic E-state index is 13.7. The molecule has 2 aliphatic rings. The molecule has 10 heteroatoms. The molecule has 1 atom stereocenters. The molecular weight excluding hydrogens is 500 g/mol. The number of aromatic nitrogens is 1. The van der Waals surface area contributed by atoms with Crippen LogP contribution in [-0.4, -0.2) is 55.3 Å². The number of hydrogen-bond acceptors (Lipinski definition) is 8. The lowest BCUT2D eigenvalue weighted by Gasteiger charge is -2.32. The first-order valence-corrected chi connectivity index (χ1v) is 13.0. The molecule has 0 aliphatic carbocycles. The van der Waals surface area contributed by atoms with Gasteiger partial charge in [-0.25, -0.2) is 9.79 Å². The molecule has 0 spiro atoms. The number of rotatable bonds is 5. The summed E-state index contributed by atoms with van der Waals surface area (Å²) in [5, 5.41) is 0.568. The van der Waals surface area contributed by atoms with E-state index in [9.17, 15) is 9.59 Å². The van der Waals surface area contributed by atoms with E-state index in [1.807, 2.05) is 24.3 Å². The Morgan fingerprint density at radius 2 is 1.92 bits per heavy atom. The van der Waals surface area contributed by atoms with Gasteiger partial charge in [0.1, 0.15) is 5.76 Å². The number of halogens is 1. The van der Waals surface area contributed by atoms with Crippen LogP contribution >= 0.6 is 22.9 Å². The van der Waals surface area contributed by atoms with Crippen molar-refractivity contribution < 1.29 is 13.9 Å². The van der Waals surface area contributed by atoms with Gasteiger partial charge in [0.25, 0.3) is 5.56 Å². The van der Waals surface area contributed by atoms with Gasteiger partial charge in [-0.2, -0.15) is 0 Å². The third kappa shape index (κ3) is 4.66. The minimum Gasteiger partial charge on any atom is -0.463 e. The number of likely N-dealkylation sites (N-methyl/N-ethyl adjacent to an activating group) is 1. The van der Waals surface area contributed by atoms with Crippen molar-refractivity contribution in [3.05, 3.63) is 83.7 Å². The molecule has 2 aliphatic heterocycles. The van der Waals surface area contributed by atoms with Gasteiger partial charge in [0.05, 0.1) is 28.5 Å². The van der Waals surface area contributed by atoms with Gasteiger partial charge in [-0.05, 0) is 44.7 Å². The zero-order chi connectivity index (χ0) is 25.4. The van der Waals surface area contributed by atoms with Crippen molar-refractivity contribution in [2.24, 2.45) is 4.99 Å². The number of furan rings is 1. The van der Waals surface area contributed by atoms with Crippen LogP contribution in [0.3, 0.4) is 0 Å². The Morgan fingerprint density at radius 1 is 1.19 bits per heavy atom. The highest BCUT2D eigenvalue weighted by Crippen LogP contribution is 2.31. The van der Waals surface area contributed by atoms with E-state index in [1.165, 1.54) is 11.3 Å². The fraction of sp³-hybridized carbons (Fsp3) is 0.346. The average Bonchev–Trinajstić information content (AvgIpc) is 3.44. The van der Waals surface area contributed by atoms with Gasteiger partial charge < -0.3 is 19.0 Å². The molecule has 0 saturated carbocycles. The first kappa shape index (κ1) is 24.5. The summed E-state index contributed by atoms with van der Waals surface area (Å²) in [5.41, 5.74) is 1.37. The van der Waals surface area contributed by atoms with Crippen molar-refractivity contribution in [3.8, 4) is 0 Å². The maximum absolute atomic E-state index is 13.7. The molecule has 3 aromatic rings. The van der Waals surface area contributed by atoms with E-state index < -0.39 is 12.0 Å². The number of thiazole rings is 1. The van der Waals surface area contributed by atoms with E-state index in [0.29, 0.717) is 31.4 Å². The van der Waals surface area contributed by atoms with E-state index >= 15 is 0 Å². The van der Waals surface area contributed by atoms with Crippen LogP contribution < -0.4 is 19.8 Å². The summed E-state index contributed by atoms with van der Waals surface area (Å²) in [4.78, 5) is 36.2. The normalized spacial score (nSPS) is 18.8. The number of anilines is 1. The van der Waals surface area contributed by atoms with Gasteiger partial charge in [-0.15, -0.1) is 0 Å². The fourth-order valence-electron chi connectivity index (χ4n) is 4.50. The lowest BCUT2D eigenvalue weighted by molar-refractivity contribution is -0.139. The topological polar surface area (TPSA) is 80.3 Å². The van der Waals surface area contributed by atoms with Crippen molar-refractivity contribution in [1.29, 1.82) is 0 Å². The number of nitrogens with zero attached hydrogens (tertiary/aromatic N) is 4. The molecule has 0 amide bonds. The van der Waals surface area contributed by atoms with Crippen LogP contribution in [0.4, 0.5) is 5.88 Å². The first-order chi connectivity index (χ1) is 17.4. The first-order valence-electron chi connectivity index (χ1n) is 11.8. The Hall–Kier alpha value is -3.14. The van der Waals surface area contributed by atoms with Crippen LogP contribution in [-0.2, 0) is 9.53 Å². The van der Waals surface area contributed by atoms with Crippen LogP contribution in [0.1, 0.15) is 31.2 Å². The molecule has 4 heterocycles. The van der Waals surface area contributed by atoms with Gasteiger partial charge in [-0.1, -0.05) is 35.1 Å². The van der Waals surface area contributed by atoms with Gasteiger partial charge >= 0.3 is 5.97 Å². The zero-order valence-corrected chi connectivity index (χ0v) is 21.9. The van der Waals surface area contributed by atoms with E-state index in [2.05, 4.69) is 21.8 Å². The Kier molecular flexibility index (Phi) is 6.87. The highest BCUT2D eigenvalue weighted by atomic mass is 35.5. The smallest absolute Gasteiger partial charge is 0.338 e. The third-order valence-corrected chi connectivity index (χ3v) is 7.64. The van der Waals surface area contributed by atoms with E-state index in [-0.39, 0.29) is 12.2 Å². The lowest BCUT2D eigenvalue weighted by atomic mass is 9.96. The van der Waals surface area contributed by atoms with Crippen molar-refractivity contribution in [2.45, 2.75) is 19.9 Å². The molecule has 1 saturated heterocycles. The average molecular weight is 527 g/mol. The van der Waals surface area contributed by atoms with Gasteiger partial charge in [0.15, 0.2) is 10.7 Å². The van der Waals surface area contributed by atoms with Crippen LogP contribution in [0.5, 0.6) is 0 Å². The quantitative estimate of drug-likeness (QED) is 0.476. The van der Waals surface area contributed by atoms with E-state index in [0.717, 1.165) is 37.6 Å². The van der Waals surface area contributed by atoms with Gasteiger partial charge in [-0.3, -0.25) is 9.36 Å². The second-order valence-electron chi connectivity index (χ2n) is 8.82. The number of benzene rings is 1. The Bertz CT molecular complexity index is 1490. The molecular formula is C26H27ClN4O4S. The molecule has 5 rings (SSSR count). The summed E-state index contributed by atoms with van der Waals surface area (Å²) in [6.07, 6.45) is 1.74. The second-order valence-corrected chi connectivity index (χ2v) is 10.3. The van der Waals surface area contributed by atoms with Crippen molar-refractivity contribution in [1.82, 2.24) is 9.47 Å². The molecule has 1 unspecified atom stereocenters. The number of esters is 1. The summed E-state index contributed by atoms with van der Waals surface area (Å²) in [5.74, 6) is 0.899. The summed E-state index contributed by atoms with van der Waals surface area (Å²) in [6.45, 7) is 7.47. The summed E-state index contributed by atoms with van der Waals surface area (Å²) < 4.78 is 13.4.